The molecule has 1 aliphatic rings. The summed E-state index contributed by atoms with van der Waals surface area (Å²) in [5.74, 6) is 0.663. The van der Waals surface area contributed by atoms with Gasteiger partial charge in [0.1, 0.15) is 5.75 Å². The molecule has 1 amide bonds. The average Bonchev–Trinajstić information content (AvgIpc) is 3.05. The monoisotopic (exact) mass is 298 g/mol. The summed E-state index contributed by atoms with van der Waals surface area (Å²) in [6.45, 7) is 0.352. The Bertz CT molecular complexity index is 419. The molecule has 0 bridgehead atoms. The molecule has 1 fully saturated rings. The van der Waals surface area contributed by atoms with Gasteiger partial charge < -0.3 is 15.8 Å². The van der Waals surface area contributed by atoms with Crippen molar-refractivity contribution < 1.29 is 9.53 Å². The molecule has 92 valence electrons. The number of anilines is 1. The van der Waals surface area contributed by atoms with Crippen LogP contribution in [-0.4, -0.2) is 18.6 Å². The Balaban J connectivity index is 1.75. The van der Waals surface area contributed by atoms with Gasteiger partial charge in [0.25, 0.3) is 0 Å². The quantitative estimate of drug-likeness (QED) is 0.818. The van der Waals surface area contributed by atoms with Crippen LogP contribution in [0.2, 0.25) is 0 Å². The Labute approximate surface area is 109 Å². The SMILES string of the molecule is Nc1cc(Br)ccc1OCCC(=O)NC1CC1. The summed E-state index contributed by atoms with van der Waals surface area (Å²) < 4.78 is 6.37. The number of nitrogens with one attached hydrogen (secondary N) is 1. The van der Waals surface area contributed by atoms with Crippen LogP contribution in [0.3, 0.4) is 0 Å². The van der Waals surface area contributed by atoms with Crippen molar-refractivity contribution in [1.82, 2.24) is 5.32 Å². The van der Waals surface area contributed by atoms with E-state index in [1.807, 2.05) is 6.07 Å². The number of nitrogens with two attached hydrogens (primary N) is 1. The topological polar surface area (TPSA) is 64.3 Å². The van der Waals surface area contributed by atoms with Crippen LogP contribution < -0.4 is 15.8 Å². The molecule has 1 aliphatic carbocycles. The minimum Gasteiger partial charge on any atom is -0.491 e. The van der Waals surface area contributed by atoms with E-state index < -0.39 is 0 Å². The molecule has 0 saturated heterocycles. The summed E-state index contributed by atoms with van der Waals surface area (Å²) in [6, 6.07) is 5.83. The summed E-state index contributed by atoms with van der Waals surface area (Å²) in [5.41, 5.74) is 6.34. The number of ether oxygens (including phenoxy) is 1. The summed E-state index contributed by atoms with van der Waals surface area (Å²) in [7, 11) is 0. The van der Waals surface area contributed by atoms with Crippen molar-refractivity contribution in [3.05, 3.63) is 22.7 Å². The second kappa shape index (κ2) is 5.40. The standard InChI is InChI=1S/C12H15BrN2O2/c13-8-1-4-11(10(14)7-8)17-6-5-12(16)15-9-2-3-9/h1,4,7,9H,2-3,5-6,14H2,(H,15,16). The molecule has 0 unspecified atom stereocenters. The highest BCUT2D eigenvalue weighted by Crippen LogP contribution is 2.25. The van der Waals surface area contributed by atoms with Gasteiger partial charge in [-0.05, 0) is 31.0 Å². The normalized spacial score (nSPS) is 14.4. The lowest BCUT2D eigenvalue weighted by Crippen LogP contribution is -2.26. The fourth-order valence-electron chi connectivity index (χ4n) is 1.43. The van der Waals surface area contributed by atoms with E-state index in [0.29, 0.717) is 30.5 Å². The predicted octanol–water partition coefficient (Wildman–Crippen LogP) is 2.08. The molecular weight excluding hydrogens is 284 g/mol. The van der Waals surface area contributed by atoms with Crippen LogP contribution in [0.15, 0.2) is 22.7 Å². The Kier molecular flexibility index (Phi) is 3.89. The van der Waals surface area contributed by atoms with Crippen molar-refractivity contribution in [3.63, 3.8) is 0 Å². The van der Waals surface area contributed by atoms with Crippen LogP contribution in [0.1, 0.15) is 19.3 Å². The van der Waals surface area contributed by atoms with Gasteiger partial charge in [0.2, 0.25) is 5.91 Å². The second-order valence-corrected chi connectivity index (χ2v) is 5.04. The second-order valence-electron chi connectivity index (χ2n) is 4.12. The third-order valence-electron chi connectivity index (χ3n) is 2.50. The van der Waals surface area contributed by atoms with E-state index in [0.717, 1.165) is 17.3 Å². The largest absolute Gasteiger partial charge is 0.491 e. The molecule has 0 heterocycles. The van der Waals surface area contributed by atoms with Gasteiger partial charge in [-0.2, -0.15) is 0 Å². The van der Waals surface area contributed by atoms with Gasteiger partial charge in [0.15, 0.2) is 0 Å². The number of amides is 1. The van der Waals surface area contributed by atoms with Gasteiger partial charge in [-0.15, -0.1) is 0 Å². The molecule has 4 nitrogen and oxygen atoms in total. The maximum atomic E-state index is 11.4. The number of rotatable bonds is 5. The number of carbonyl (C=O) groups excluding carboxylic acids is 1. The number of halogens is 1. The first kappa shape index (κ1) is 12.2. The van der Waals surface area contributed by atoms with Crippen LogP contribution in [0, 0.1) is 0 Å². The van der Waals surface area contributed by atoms with Gasteiger partial charge in [-0.25, -0.2) is 0 Å². The number of carbonyl (C=O) groups is 1. The zero-order valence-electron chi connectivity index (χ0n) is 9.41. The highest BCUT2D eigenvalue weighted by atomic mass is 79.9. The van der Waals surface area contributed by atoms with Crippen LogP contribution in [0.4, 0.5) is 5.69 Å². The molecule has 1 saturated carbocycles. The molecular formula is C12H15BrN2O2. The molecule has 1 aromatic carbocycles. The summed E-state index contributed by atoms with van der Waals surface area (Å²) in [5, 5.41) is 2.91. The van der Waals surface area contributed by atoms with Crippen LogP contribution in [0.5, 0.6) is 5.75 Å². The number of nitrogen functional groups attached to an aromatic ring is 1. The Morgan fingerprint density at radius 1 is 1.53 bits per heavy atom. The van der Waals surface area contributed by atoms with Gasteiger partial charge in [-0.1, -0.05) is 15.9 Å². The van der Waals surface area contributed by atoms with Gasteiger partial charge in [0.05, 0.1) is 18.7 Å². The maximum absolute atomic E-state index is 11.4. The fourth-order valence-corrected chi connectivity index (χ4v) is 1.81. The van der Waals surface area contributed by atoms with E-state index in [9.17, 15) is 4.79 Å². The smallest absolute Gasteiger partial charge is 0.223 e. The Hall–Kier alpha value is -1.23. The molecule has 0 aliphatic heterocycles. The molecule has 3 N–H and O–H groups in total. The van der Waals surface area contributed by atoms with Crippen molar-refractivity contribution in [2.75, 3.05) is 12.3 Å². The van der Waals surface area contributed by atoms with E-state index >= 15 is 0 Å². The third kappa shape index (κ3) is 3.93. The minimum absolute atomic E-state index is 0.0446. The van der Waals surface area contributed by atoms with Crippen LogP contribution >= 0.6 is 15.9 Å². The number of hydrogen-bond donors (Lipinski definition) is 2. The molecule has 5 heteroatoms. The lowest BCUT2D eigenvalue weighted by Gasteiger charge is -2.09. The lowest BCUT2D eigenvalue weighted by atomic mass is 10.3. The average molecular weight is 299 g/mol. The summed E-state index contributed by atoms with van der Waals surface area (Å²) in [4.78, 5) is 11.4. The van der Waals surface area contributed by atoms with Gasteiger partial charge >= 0.3 is 0 Å². The third-order valence-corrected chi connectivity index (χ3v) is 2.99. The number of hydrogen-bond acceptors (Lipinski definition) is 3. The summed E-state index contributed by atoms with van der Waals surface area (Å²) in [6.07, 6.45) is 2.57. The molecule has 1 aromatic rings. The molecule has 0 aromatic heterocycles. The number of benzene rings is 1. The van der Waals surface area contributed by atoms with E-state index in [4.69, 9.17) is 10.5 Å². The van der Waals surface area contributed by atoms with Crippen LogP contribution in [-0.2, 0) is 4.79 Å². The van der Waals surface area contributed by atoms with Crippen molar-refractivity contribution >= 4 is 27.5 Å². The lowest BCUT2D eigenvalue weighted by molar-refractivity contribution is -0.121. The van der Waals surface area contributed by atoms with Crippen molar-refractivity contribution in [3.8, 4) is 5.75 Å². The Morgan fingerprint density at radius 3 is 2.94 bits per heavy atom. The van der Waals surface area contributed by atoms with Crippen molar-refractivity contribution in [1.29, 1.82) is 0 Å². The van der Waals surface area contributed by atoms with E-state index in [-0.39, 0.29) is 5.91 Å². The molecule has 17 heavy (non-hydrogen) atoms. The molecule has 0 radical (unpaired) electrons. The van der Waals surface area contributed by atoms with Crippen molar-refractivity contribution in [2.24, 2.45) is 0 Å². The predicted molar refractivity (Wildman–Crippen MR) is 69.8 cm³/mol. The fraction of sp³-hybridized carbons (Fsp3) is 0.417. The highest BCUT2D eigenvalue weighted by molar-refractivity contribution is 9.10. The zero-order valence-corrected chi connectivity index (χ0v) is 11.0. The van der Waals surface area contributed by atoms with Crippen molar-refractivity contribution in [2.45, 2.75) is 25.3 Å². The van der Waals surface area contributed by atoms with Gasteiger partial charge in [0, 0.05) is 10.5 Å². The Morgan fingerprint density at radius 2 is 2.29 bits per heavy atom. The minimum atomic E-state index is 0.0446. The van der Waals surface area contributed by atoms with Gasteiger partial charge in [-0.3, -0.25) is 4.79 Å². The molecule has 0 spiro atoms. The molecule has 2 rings (SSSR count). The van der Waals surface area contributed by atoms with E-state index in [1.165, 1.54) is 0 Å². The maximum Gasteiger partial charge on any atom is 0.223 e. The summed E-state index contributed by atoms with van der Waals surface area (Å²) >= 11 is 3.32. The first-order valence-electron chi connectivity index (χ1n) is 5.62. The first-order chi connectivity index (χ1) is 8.15. The first-order valence-corrected chi connectivity index (χ1v) is 6.41. The highest BCUT2D eigenvalue weighted by Gasteiger charge is 2.22. The zero-order chi connectivity index (χ0) is 12.3. The molecule has 0 atom stereocenters. The van der Waals surface area contributed by atoms with E-state index in [2.05, 4.69) is 21.2 Å². The van der Waals surface area contributed by atoms with E-state index in [1.54, 1.807) is 12.1 Å². The van der Waals surface area contributed by atoms with Crippen LogP contribution in [0.25, 0.3) is 0 Å².